The lowest BCUT2D eigenvalue weighted by atomic mass is 10.1. The summed E-state index contributed by atoms with van der Waals surface area (Å²) in [6, 6.07) is 2.30. The molecule has 1 fully saturated rings. The molecule has 22 heavy (non-hydrogen) atoms. The maximum absolute atomic E-state index is 12.8. The Morgan fingerprint density at radius 1 is 1.36 bits per heavy atom. The van der Waals surface area contributed by atoms with Crippen LogP contribution in [0.2, 0.25) is 5.02 Å². The minimum atomic E-state index is -4.78. The van der Waals surface area contributed by atoms with Crippen molar-refractivity contribution in [1.82, 2.24) is 4.31 Å². The van der Waals surface area contributed by atoms with Gasteiger partial charge in [0.2, 0.25) is 10.0 Å². The highest BCUT2D eigenvalue weighted by Crippen LogP contribution is 2.36. The second-order valence-corrected chi connectivity index (χ2v) is 7.17. The number of alkyl halides is 3. The van der Waals surface area contributed by atoms with Crippen LogP contribution in [0, 0.1) is 5.92 Å². The van der Waals surface area contributed by atoms with Crippen LogP contribution in [0.15, 0.2) is 23.1 Å². The predicted molar refractivity (Wildman–Crippen MR) is 71.0 cm³/mol. The van der Waals surface area contributed by atoms with Crippen molar-refractivity contribution < 1.29 is 31.5 Å². The normalized spacial score (nSPS) is 20.3. The van der Waals surface area contributed by atoms with Crippen LogP contribution in [0.3, 0.4) is 0 Å². The molecule has 1 N–H and O–H groups in total. The number of sulfonamides is 1. The van der Waals surface area contributed by atoms with Gasteiger partial charge in [-0.2, -0.15) is 17.5 Å². The molecular formula is C12H11ClF3NO4S. The summed E-state index contributed by atoms with van der Waals surface area (Å²) in [5.74, 6) is -1.99. The van der Waals surface area contributed by atoms with E-state index in [-0.39, 0.29) is 19.5 Å². The molecule has 0 bridgehead atoms. The summed E-state index contributed by atoms with van der Waals surface area (Å²) in [5, 5.41) is 8.27. The summed E-state index contributed by atoms with van der Waals surface area (Å²) in [5.41, 5.74) is -1.25. The van der Waals surface area contributed by atoms with E-state index in [9.17, 15) is 26.4 Å². The Hall–Kier alpha value is -1.32. The van der Waals surface area contributed by atoms with Gasteiger partial charge in [-0.05, 0) is 24.6 Å². The Morgan fingerprint density at radius 3 is 2.50 bits per heavy atom. The van der Waals surface area contributed by atoms with Crippen LogP contribution in [0.5, 0.6) is 0 Å². The molecule has 0 amide bonds. The summed E-state index contributed by atoms with van der Waals surface area (Å²) >= 11 is 5.45. The zero-order chi connectivity index (χ0) is 16.7. The van der Waals surface area contributed by atoms with Crippen molar-refractivity contribution in [3.8, 4) is 0 Å². The van der Waals surface area contributed by atoms with Gasteiger partial charge in [0.25, 0.3) is 0 Å². The number of hydrogen-bond acceptors (Lipinski definition) is 3. The molecule has 1 aromatic rings. The van der Waals surface area contributed by atoms with Gasteiger partial charge in [-0.1, -0.05) is 11.6 Å². The number of nitrogens with zero attached hydrogens (tertiary/aromatic N) is 1. The minimum absolute atomic E-state index is 0.0523. The maximum atomic E-state index is 12.8. The van der Waals surface area contributed by atoms with Gasteiger partial charge in [0.1, 0.15) is 0 Å². The summed E-state index contributed by atoms with van der Waals surface area (Å²) in [4.78, 5) is 10.3. The first-order valence-corrected chi connectivity index (χ1v) is 7.95. The van der Waals surface area contributed by atoms with Gasteiger partial charge in [-0.3, -0.25) is 4.79 Å². The average molecular weight is 358 g/mol. The highest BCUT2D eigenvalue weighted by molar-refractivity contribution is 7.89. The molecule has 0 radical (unpaired) electrons. The van der Waals surface area contributed by atoms with Crippen LogP contribution >= 0.6 is 11.6 Å². The summed E-state index contributed by atoms with van der Waals surface area (Å²) < 4.78 is 63.9. The van der Waals surface area contributed by atoms with Crippen LogP contribution in [0.4, 0.5) is 13.2 Å². The van der Waals surface area contributed by atoms with Crippen molar-refractivity contribution in [3.05, 3.63) is 28.8 Å². The first-order chi connectivity index (χ1) is 10.0. The molecule has 0 saturated carbocycles. The Labute approximate surface area is 129 Å². The molecule has 0 aromatic heterocycles. The van der Waals surface area contributed by atoms with Gasteiger partial charge in [-0.25, -0.2) is 8.42 Å². The fourth-order valence-corrected chi connectivity index (χ4v) is 3.93. The molecule has 1 atom stereocenters. The lowest BCUT2D eigenvalue weighted by molar-refractivity contribution is -0.141. The fraction of sp³-hybridized carbons (Fsp3) is 0.417. The SMILES string of the molecule is O=C(O)[C@H]1CCN(S(=O)(=O)c2ccc(Cl)c(C(F)(F)F)c2)C1. The molecule has 1 aromatic carbocycles. The number of aliphatic carboxylic acids is 1. The smallest absolute Gasteiger partial charge is 0.417 e. The monoisotopic (exact) mass is 357 g/mol. The van der Waals surface area contributed by atoms with Gasteiger partial charge in [0.15, 0.2) is 0 Å². The molecule has 10 heteroatoms. The van der Waals surface area contributed by atoms with Crippen molar-refractivity contribution in [2.45, 2.75) is 17.5 Å². The van der Waals surface area contributed by atoms with Crippen molar-refractivity contribution in [2.24, 2.45) is 5.92 Å². The first kappa shape index (κ1) is 17.0. The number of benzene rings is 1. The van der Waals surface area contributed by atoms with E-state index in [1.165, 1.54) is 0 Å². The van der Waals surface area contributed by atoms with Crippen molar-refractivity contribution in [1.29, 1.82) is 0 Å². The largest absolute Gasteiger partial charge is 0.481 e. The zero-order valence-electron chi connectivity index (χ0n) is 11.0. The molecule has 0 spiro atoms. The zero-order valence-corrected chi connectivity index (χ0v) is 12.5. The number of carboxylic acid groups (broad SMARTS) is 1. The molecule has 0 unspecified atom stereocenters. The highest BCUT2D eigenvalue weighted by Gasteiger charge is 2.38. The molecule has 2 rings (SSSR count). The third-order valence-electron chi connectivity index (χ3n) is 3.38. The van der Waals surface area contributed by atoms with Crippen LogP contribution in [-0.4, -0.2) is 36.9 Å². The number of rotatable bonds is 3. The molecule has 0 aliphatic carbocycles. The third kappa shape index (κ3) is 3.21. The minimum Gasteiger partial charge on any atom is -0.481 e. The van der Waals surface area contributed by atoms with Crippen LogP contribution in [-0.2, 0) is 21.0 Å². The van der Waals surface area contributed by atoms with Crippen LogP contribution in [0.25, 0.3) is 0 Å². The third-order valence-corrected chi connectivity index (χ3v) is 5.57. The molecular weight excluding hydrogens is 347 g/mol. The maximum Gasteiger partial charge on any atom is 0.417 e. The summed E-state index contributed by atoms with van der Waals surface area (Å²) in [7, 11) is -4.19. The predicted octanol–water partition coefficient (Wildman–Crippen LogP) is 2.45. The van der Waals surface area contributed by atoms with Crippen molar-refractivity contribution in [2.75, 3.05) is 13.1 Å². The van der Waals surface area contributed by atoms with E-state index < -0.39 is 43.6 Å². The summed E-state index contributed by atoms with van der Waals surface area (Å²) in [6.07, 6.45) is -4.66. The fourth-order valence-electron chi connectivity index (χ4n) is 2.18. The van der Waals surface area contributed by atoms with Gasteiger partial charge in [0, 0.05) is 13.1 Å². The molecule has 5 nitrogen and oxygen atoms in total. The Bertz CT molecular complexity index is 705. The molecule has 1 saturated heterocycles. The number of carboxylic acids is 1. The standard InChI is InChI=1S/C12H11ClF3NO4S/c13-10-2-1-8(5-9(10)12(14,15)16)22(20,21)17-4-3-7(6-17)11(18)19/h1-2,5,7H,3-4,6H2,(H,18,19)/t7-/m0/s1. The number of carbonyl (C=O) groups is 1. The second kappa shape index (κ2) is 5.71. The van der Waals surface area contributed by atoms with Gasteiger partial charge in [-0.15, -0.1) is 0 Å². The lowest BCUT2D eigenvalue weighted by Gasteiger charge is -2.17. The van der Waals surface area contributed by atoms with E-state index >= 15 is 0 Å². The van der Waals surface area contributed by atoms with E-state index in [4.69, 9.17) is 16.7 Å². The van der Waals surface area contributed by atoms with Gasteiger partial charge < -0.3 is 5.11 Å². The van der Waals surface area contributed by atoms with Crippen LogP contribution < -0.4 is 0 Å². The quantitative estimate of drug-likeness (QED) is 0.901. The molecule has 1 aliphatic rings. The van der Waals surface area contributed by atoms with Crippen molar-refractivity contribution in [3.63, 3.8) is 0 Å². The Morgan fingerprint density at radius 2 is 2.00 bits per heavy atom. The highest BCUT2D eigenvalue weighted by atomic mass is 35.5. The molecule has 122 valence electrons. The number of hydrogen-bond donors (Lipinski definition) is 1. The van der Waals surface area contributed by atoms with E-state index in [2.05, 4.69) is 0 Å². The Kier molecular flexibility index (Phi) is 4.42. The topological polar surface area (TPSA) is 74.7 Å². The van der Waals surface area contributed by atoms with Gasteiger partial charge in [0.05, 0.1) is 21.4 Å². The van der Waals surface area contributed by atoms with Crippen LogP contribution in [0.1, 0.15) is 12.0 Å². The van der Waals surface area contributed by atoms with E-state index in [0.29, 0.717) is 6.07 Å². The second-order valence-electron chi connectivity index (χ2n) is 4.83. The average Bonchev–Trinajstić information content (AvgIpc) is 2.87. The summed E-state index contributed by atoms with van der Waals surface area (Å²) in [6.45, 7) is -0.315. The van der Waals surface area contributed by atoms with E-state index in [0.717, 1.165) is 16.4 Å². The molecule has 1 heterocycles. The van der Waals surface area contributed by atoms with E-state index in [1.807, 2.05) is 0 Å². The molecule has 1 aliphatic heterocycles. The van der Waals surface area contributed by atoms with Crippen molar-refractivity contribution >= 4 is 27.6 Å². The first-order valence-electron chi connectivity index (χ1n) is 6.13. The lowest BCUT2D eigenvalue weighted by Crippen LogP contribution is -2.30. The van der Waals surface area contributed by atoms with E-state index in [1.54, 1.807) is 0 Å². The van der Waals surface area contributed by atoms with Gasteiger partial charge >= 0.3 is 12.1 Å². The number of halogens is 4. The Balaban J connectivity index is 2.37.